The number of methoxy groups -OCH3 is 1. The largest absolute Gasteiger partial charge is 0.490 e. The van der Waals surface area contributed by atoms with Gasteiger partial charge < -0.3 is 34.3 Å². The number of carbonyl (C=O) groups is 4. The van der Waals surface area contributed by atoms with Gasteiger partial charge in [-0.3, -0.25) is 23.5 Å². The summed E-state index contributed by atoms with van der Waals surface area (Å²) in [6, 6.07) is 5.61. The molecule has 3 aromatic rings. The highest BCUT2D eigenvalue weighted by Gasteiger charge is 2.43. The van der Waals surface area contributed by atoms with E-state index < -0.39 is 16.8 Å². The minimum Gasteiger partial charge on any atom is -0.490 e. The van der Waals surface area contributed by atoms with Gasteiger partial charge in [0.25, 0.3) is 11.8 Å². The van der Waals surface area contributed by atoms with Crippen LogP contribution in [0.25, 0.3) is 0 Å². The summed E-state index contributed by atoms with van der Waals surface area (Å²) < 4.78 is 23.9. The molecule has 386 valence electrons. The first-order valence-corrected chi connectivity index (χ1v) is 27.8. The molecular formula is C54H77N9O7S. The Hall–Kier alpha value is -4.87. The maximum atomic E-state index is 13.3. The number of anilines is 2. The number of piperidine rings is 3. The van der Waals surface area contributed by atoms with Crippen LogP contribution in [0.2, 0.25) is 0 Å². The van der Waals surface area contributed by atoms with Gasteiger partial charge in [0.05, 0.1) is 35.5 Å². The highest BCUT2D eigenvalue weighted by atomic mass is 32.2. The molecule has 17 heteroatoms. The Morgan fingerprint density at radius 1 is 0.873 bits per heavy atom. The third kappa shape index (κ3) is 13.2. The van der Waals surface area contributed by atoms with Crippen molar-refractivity contribution in [3.63, 3.8) is 0 Å². The number of carbonyl (C=O) groups excluding carboxylic acids is 4. The predicted molar refractivity (Wildman–Crippen MR) is 274 cm³/mol. The van der Waals surface area contributed by atoms with Crippen LogP contribution in [-0.4, -0.2) is 133 Å². The first-order chi connectivity index (χ1) is 34.2. The Bertz CT molecular complexity index is 2360. The van der Waals surface area contributed by atoms with E-state index >= 15 is 0 Å². The molecule has 1 saturated carbocycles. The lowest BCUT2D eigenvalue weighted by Crippen LogP contribution is -2.55. The van der Waals surface area contributed by atoms with E-state index in [1.54, 1.807) is 4.90 Å². The Morgan fingerprint density at radius 3 is 2.21 bits per heavy atom. The van der Waals surface area contributed by atoms with Crippen molar-refractivity contribution in [3.8, 4) is 5.75 Å². The quantitative estimate of drug-likeness (QED) is 0.0694. The van der Waals surface area contributed by atoms with Crippen LogP contribution in [0, 0.1) is 5.41 Å². The average Bonchev–Trinajstić information content (AvgIpc) is 3.91. The summed E-state index contributed by atoms with van der Waals surface area (Å²) in [4.78, 5) is 76.3. The smallest absolute Gasteiger partial charge is 0.255 e. The Labute approximate surface area is 423 Å². The zero-order valence-corrected chi connectivity index (χ0v) is 43.7. The van der Waals surface area contributed by atoms with Crippen LogP contribution >= 0.6 is 0 Å². The zero-order valence-electron chi connectivity index (χ0n) is 42.9. The molecule has 0 bridgehead atoms. The summed E-state index contributed by atoms with van der Waals surface area (Å²) in [5.74, 6) is 3.82. The number of ether oxygens (including phenoxy) is 2. The van der Waals surface area contributed by atoms with Crippen molar-refractivity contribution in [1.82, 2.24) is 34.6 Å². The number of nitrogens with zero attached hydrogens (tertiary/aromatic N) is 8. The molecule has 3 saturated heterocycles. The molecule has 0 spiro atoms. The minimum atomic E-state index is -1.03. The van der Waals surface area contributed by atoms with E-state index in [0.717, 1.165) is 141 Å². The maximum absolute atomic E-state index is 13.3. The standard InChI is InChI=1S/C49H67N9O6S.C5H10O/c1-49(20-10-21-49)54-45-43-40(19-28-65(43)62)52-48(53-45)56-25-17-35(18-26-56)44-50-30-38(31-51-44)64-27-9-7-5-3-4-6-8-22-55-23-15-34(16-24-55)36-11-12-39-37(29-36)32-57(46(39)60)41-13-14-42(59)58(33-63-2)47(41)61;1-5(2,3)4-6/h11-12,29-31,34-35,41H,3-10,13-28,32-33H2,1-2H3,(H,52,53,54);4H,1-3H3. The van der Waals surface area contributed by atoms with Crippen LogP contribution in [0.1, 0.15) is 175 Å². The van der Waals surface area contributed by atoms with E-state index in [1.807, 2.05) is 39.2 Å². The molecular weight excluding hydrogens is 919 g/mol. The SMILES string of the molecule is CC(C)(C)C=O.COCN1C(=O)CCC(N2Cc3cc(C4CCN(CCCCCCCCCOc5cnc(C6CCN(c7nc8c(c(NC9(C)CCC9)n7)S(=O)CC8)CC6)nc5)CC4)ccc3C2=O)C1=O. The molecule has 1 aromatic carbocycles. The molecule has 9 rings (SSSR count). The summed E-state index contributed by atoms with van der Waals surface area (Å²) in [5, 5.41) is 3.65. The lowest BCUT2D eigenvalue weighted by Gasteiger charge is -2.40. The average molecular weight is 996 g/mol. The fourth-order valence-corrected chi connectivity index (χ4v) is 12.0. The highest BCUT2D eigenvalue weighted by molar-refractivity contribution is 7.85. The predicted octanol–water partition coefficient (Wildman–Crippen LogP) is 7.97. The number of likely N-dealkylation sites (tertiary alicyclic amines) is 2. The first kappa shape index (κ1) is 52.5. The van der Waals surface area contributed by atoms with Crippen molar-refractivity contribution in [2.75, 3.05) is 69.1 Å². The number of aromatic nitrogens is 4. The summed E-state index contributed by atoms with van der Waals surface area (Å²) >= 11 is 0. The lowest BCUT2D eigenvalue weighted by atomic mass is 9.78. The van der Waals surface area contributed by atoms with Gasteiger partial charge in [0.1, 0.15) is 35.6 Å². The number of aryl methyl sites for hydroxylation is 1. The Morgan fingerprint density at radius 2 is 1.55 bits per heavy atom. The molecule has 2 atom stereocenters. The van der Waals surface area contributed by atoms with E-state index in [4.69, 9.17) is 29.4 Å². The van der Waals surface area contributed by atoms with Crippen LogP contribution < -0.4 is 15.0 Å². The van der Waals surface area contributed by atoms with Gasteiger partial charge in [-0.15, -0.1) is 0 Å². The molecule has 2 aromatic heterocycles. The highest BCUT2D eigenvalue weighted by Crippen LogP contribution is 2.39. The number of rotatable bonds is 19. The van der Waals surface area contributed by atoms with Crippen molar-refractivity contribution in [1.29, 1.82) is 0 Å². The number of nitrogens with one attached hydrogen (secondary N) is 1. The van der Waals surface area contributed by atoms with Crippen molar-refractivity contribution < 1.29 is 32.9 Å². The molecule has 71 heavy (non-hydrogen) atoms. The second-order valence-electron chi connectivity index (χ2n) is 21.9. The van der Waals surface area contributed by atoms with Crippen LogP contribution in [0.4, 0.5) is 11.8 Å². The van der Waals surface area contributed by atoms with Crippen LogP contribution in [0.5, 0.6) is 5.75 Å². The van der Waals surface area contributed by atoms with Crippen molar-refractivity contribution in [2.24, 2.45) is 5.41 Å². The first-order valence-electron chi connectivity index (χ1n) is 26.5. The summed E-state index contributed by atoms with van der Waals surface area (Å²) in [6.07, 6.45) is 21.9. The van der Waals surface area contributed by atoms with E-state index in [0.29, 0.717) is 36.8 Å². The Kier molecular flexibility index (Phi) is 17.6. The third-order valence-corrected chi connectivity index (χ3v) is 16.7. The van der Waals surface area contributed by atoms with Gasteiger partial charge in [-0.25, -0.2) is 15.0 Å². The molecule has 0 radical (unpaired) electrons. The van der Waals surface area contributed by atoms with Crippen LogP contribution in [0.15, 0.2) is 35.5 Å². The van der Waals surface area contributed by atoms with Crippen molar-refractivity contribution in [2.45, 2.75) is 172 Å². The fourth-order valence-electron chi connectivity index (χ4n) is 10.7. The molecule has 7 heterocycles. The summed E-state index contributed by atoms with van der Waals surface area (Å²) in [7, 11) is 0.426. The molecule has 5 aliphatic heterocycles. The van der Waals surface area contributed by atoms with Gasteiger partial charge in [-0.05, 0) is 114 Å². The molecule has 4 fully saturated rings. The van der Waals surface area contributed by atoms with Crippen molar-refractivity contribution >= 4 is 46.6 Å². The number of hydrogen-bond acceptors (Lipinski definition) is 14. The molecule has 3 amide bonds. The van der Waals surface area contributed by atoms with E-state index in [-0.39, 0.29) is 47.7 Å². The molecule has 16 nitrogen and oxygen atoms in total. The number of hydrogen-bond donors (Lipinski definition) is 1. The third-order valence-electron chi connectivity index (χ3n) is 15.2. The van der Waals surface area contributed by atoms with E-state index in [9.17, 15) is 23.4 Å². The second kappa shape index (κ2) is 23.8. The topological polar surface area (TPSA) is 180 Å². The number of aldehydes is 1. The van der Waals surface area contributed by atoms with Crippen molar-refractivity contribution in [3.05, 3.63) is 58.8 Å². The van der Waals surface area contributed by atoms with Gasteiger partial charge in [0.15, 0.2) is 5.75 Å². The fraction of sp³-hybridized carbons (Fsp3) is 0.667. The van der Waals surface area contributed by atoms with Gasteiger partial charge >= 0.3 is 0 Å². The van der Waals surface area contributed by atoms with Gasteiger partial charge in [-0.1, -0.05) is 65.0 Å². The molecule has 1 N–H and O–H groups in total. The van der Waals surface area contributed by atoms with Gasteiger partial charge in [0, 0.05) is 67.8 Å². The zero-order chi connectivity index (χ0) is 50.1. The number of benzene rings is 1. The maximum Gasteiger partial charge on any atom is 0.255 e. The van der Waals surface area contributed by atoms with Crippen LogP contribution in [-0.2, 0) is 42.9 Å². The Balaban J connectivity index is 0.00000106. The summed E-state index contributed by atoms with van der Waals surface area (Å²) in [5.41, 5.74) is 3.78. The number of unbranched alkanes of at least 4 members (excludes halogenated alkanes) is 6. The minimum absolute atomic E-state index is 0.0304. The van der Waals surface area contributed by atoms with E-state index in [1.165, 1.54) is 51.2 Å². The number of amides is 3. The molecule has 1 aliphatic carbocycles. The van der Waals surface area contributed by atoms with Gasteiger partial charge in [0.2, 0.25) is 11.9 Å². The molecule has 2 unspecified atom stereocenters. The number of imide groups is 1. The van der Waals surface area contributed by atoms with E-state index in [2.05, 4.69) is 34.2 Å². The summed E-state index contributed by atoms with van der Waals surface area (Å²) in [6.45, 7) is 13.9. The molecule has 6 aliphatic rings. The van der Waals surface area contributed by atoms with Gasteiger partial charge in [-0.2, -0.15) is 4.98 Å². The number of fused-ring (bicyclic) bond motifs is 2. The lowest BCUT2D eigenvalue weighted by molar-refractivity contribution is -0.157. The monoisotopic (exact) mass is 996 g/mol. The second-order valence-corrected chi connectivity index (χ2v) is 23.4. The van der Waals surface area contributed by atoms with Crippen LogP contribution in [0.3, 0.4) is 0 Å². The normalized spacial score (nSPS) is 21.6.